The Hall–Kier alpha value is -0.780. The number of halogens is 3. The van der Waals surface area contributed by atoms with Crippen molar-refractivity contribution in [1.29, 1.82) is 0 Å². The van der Waals surface area contributed by atoms with Gasteiger partial charge in [0.05, 0.1) is 6.54 Å². The molecule has 0 bridgehead atoms. The fourth-order valence-electron chi connectivity index (χ4n) is 1.56. The highest BCUT2D eigenvalue weighted by Crippen LogP contribution is 2.27. The third kappa shape index (κ3) is 5.91. The molecule has 17 heavy (non-hydrogen) atoms. The zero-order chi connectivity index (χ0) is 13.1. The van der Waals surface area contributed by atoms with Gasteiger partial charge in [0, 0.05) is 6.04 Å². The molecule has 0 heterocycles. The summed E-state index contributed by atoms with van der Waals surface area (Å²) in [6.07, 6.45) is -2.04. The zero-order valence-corrected chi connectivity index (χ0v) is 10.2. The highest BCUT2D eigenvalue weighted by atomic mass is 19.4. The summed E-state index contributed by atoms with van der Waals surface area (Å²) in [6, 6.07) is -0.438. The fraction of sp³-hybridized carbons (Fsp3) is 0.909. The van der Waals surface area contributed by atoms with Gasteiger partial charge in [0.15, 0.2) is 0 Å². The van der Waals surface area contributed by atoms with E-state index in [0.717, 1.165) is 24.3 Å². The second-order valence-electron chi connectivity index (χ2n) is 4.80. The Morgan fingerprint density at radius 3 is 2.41 bits per heavy atom. The number of hydrogen-bond donors (Lipinski definition) is 1. The van der Waals surface area contributed by atoms with E-state index in [1.807, 2.05) is 0 Å². The first kappa shape index (κ1) is 14.3. The van der Waals surface area contributed by atoms with E-state index < -0.39 is 24.7 Å². The maximum atomic E-state index is 12.3. The largest absolute Gasteiger partial charge is 0.406 e. The Labute approximate surface area is 99.4 Å². The molecule has 0 radical (unpaired) electrons. The van der Waals surface area contributed by atoms with E-state index in [4.69, 9.17) is 0 Å². The summed E-state index contributed by atoms with van der Waals surface area (Å²) in [7, 11) is 0. The number of rotatable bonds is 6. The molecule has 0 saturated heterocycles. The lowest BCUT2D eigenvalue weighted by molar-refractivity contribution is -0.164. The van der Waals surface area contributed by atoms with E-state index in [1.54, 1.807) is 13.8 Å². The van der Waals surface area contributed by atoms with E-state index in [-0.39, 0.29) is 6.54 Å². The van der Waals surface area contributed by atoms with Gasteiger partial charge in [0.2, 0.25) is 5.91 Å². The molecule has 1 amide bonds. The van der Waals surface area contributed by atoms with Crippen LogP contribution in [0, 0.1) is 5.92 Å². The Morgan fingerprint density at radius 1 is 1.41 bits per heavy atom. The molecule has 1 saturated carbocycles. The molecular weight excluding hydrogens is 233 g/mol. The molecule has 1 aliphatic carbocycles. The van der Waals surface area contributed by atoms with Gasteiger partial charge < -0.3 is 10.2 Å². The molecule has 0 atom stereocenters. The summed E-state index contributed by atoms with van der Waals surface area (Å²) in [5, 5.41) is 2.91. The van der Waals surface area contributed by atoms with Gasteiger partial charge in [-0.05, 0) is 39.2 Å². The Kier molecular flexibility index (Phi) is 4.80. The molecule has 1 rings (SSSR count). The number of nitrogens with zero attached hydrogens (tertiary/aromatic N) is 1. The smallest absolute Gasteiger partial charge is 0.330 e. The summed E-state index contributed by atoms with van der Waals surface area (Å²) in [5.74, 6) is 0.121. The minimum atomic E-state index is -4.34. The topological polar surface area (TPSA) is 32.3 Å². The molecule has 1 aliphatic rings. The minimum absolute atomic E-state index is 0.00917. The van der Waals surface area contributed by atoms with Crippen molar-refractivity contribution in [2.45, 2.75) is 38.9 Å². The second kappa shape index (κ2) is 5.71. The van der Waals surface area contributed by atoms with Gasteiger partial charge in [-0.25, -0.2) is 0 Å². The van der Waals surface area contributed by atoms with Crippen molar-refractivity contribution in [2.24, 2.45) is 5.92 Å². The molecule has 0 aromatic carbocycles. The first-order chi connectivity index (χ1) is 7.79. The summed E-state index contributed by atoms with van der Waals surface area (Å²) in [5.41, 5.74) is 0. The SMILES string of the molecule is CC(C)N(CC(F)(F)F)C(=O)CNCC1CC1. The van der Waals surface area contributed by atoms with Crippen LogP contribution in [0.1, 0.15) is 26.7 Å². The molecule has 3 nitrogen and oxygen atoms in total. The van der Waals surface area contributed by atoms with E-state index in [0.29, 0.717) is 5.92 Å². The molecule has 0 aliphatic heterocycles. The zero-order valence-electron chi connectivity index (χ0n) is 10.2. The van der Waals surface area contributed by atoms with Gasteiger partial charge in [-0.2, -0.15) is 13.2 Å². The van der Waals surface area contributed by atoms with Gasteiger partial charge in [-0.15, -0.1) is 0 Å². The highest BCUT2D eigenvalue weighted by Gasteiger charge is 2.34. The summed E-state index contributed by atoms with van der Waals surface area (Å²) >= 11 is 0. The van der Waals surface area contributed by atoms with Crippen molar-refractivity contribution >= 4 is 5.91 Å². The van der Waals surface area contributed by atoms with Gasteiger partial charge >= 0.3 is 6.18 Å². The van der Waals surface area contributed by atoms with Crippen LogP contribution in [0.15, 0.2) is 0 Å². The van der Waals surface area contributed by atoms with Crippen LogP contribution in [-0.4, -0.2) is 42.7 Å². The van der Waals surface area contributed by atoms with Crippen LogP contribution in [0.3, 0.4) is 0 Å². The van der Waals surface area contributed by atoms with Crippen molar-refractivity contribution in [2.75, 3.05) is 19.6 Å². The van der Waals surface area contributed by atoms with Crippen LogP contribution < -0.4 is 5.32 Å². The van der Waals surface area contributed by atoms with Gasteiger partial charge in [-0.3, -0.25) is 4.79 Å². The highest BCUT2D eigenvalue weighted by molar-refractivity contribution is 5.78. The molecule has 0 aromatic rings. The molecule has 6 heteroatoms. The standard InChI is InChI=1S/C11H19F3N2O/c1-8(2)16(7-11(12,13)14)10(17)6-15-5-9-3-4-9/h8-9,15H,3-7H2,1-2H3. The lowest BCUT2D eigenvalue weighted by Crippen LogP contribution is -2.47. The maximum Gasteiger partial charge on any atom is 0.406 e. The van der Waals surface area contributed by atoms with Crippen molar-refractivity contribution in [3.63, 3.8) is 0 Å². The van der Waals surface area contributed by atoms with E-state index in [1.165, 1.54) is 0 Å². The van der Waals surface area contributed by atoms with Crippen LogP contribution in [-0.2, 0) is 4.79 Å². The molecule has 100 valence electrons. The third-order valence-electron chi connectivity index (χ3n) is 2.70. The number of carbonyl (C=O) groups excluding carboxylic acids is 1. The van der Waals surface area contributed by atoms with Gasteiger partial charge in [0.1, 0.15) is 6.54 Å². The fourth-order valence-corrected chi connectivity index (χ4v) is 1.56. The third-order valence-corrected chi connectivity index (χ3v) is 2.70. The van der Waals surface area contributed by atoms with Gasteiger partial charge in [-0.1, -0.05) is 0 Å². The summed E-state index contributed by atoms with van der Waals surface area (Å²) in [4.78, 5) is 12.5. The molecule has 1 fully saturated rings. The van der Waals surface area contributed by atoms with Crippen molar-refractivity contribution in [1.82, 2.24) is 10.2 Å². The van der Waals surface area contributed by atoms with E-state index in [2.05, 4.69) is 5.32 Å². The lowest BCUT2D eigenvalue weighted by atomic mass is 10.3. The Morgan fingerprint density at radius 2 is 2.00 bits per heavy atom. The monoisotopic (exact) mass is 252 g/mol. The van der Waals surface area contributed by atoms with Crippen LogP contribution in [0.25, 0.3) is 0 Å². The number of nitrogens with one attached hydrogen (secondary N) is 1. The minimum Gasteiger partial charge on any atom is -0.330 e. The van der Waals surface area contributed by atoms with Crippen molar-refractivity contribution in [3.05, 3.63) is 0 Å². The number of hydrogen-bond acceptors (Lipinski definition) is 2. The lowest BCUT2D eigenvalue weighted by Gasteiger charge is -2.27. The number of amides is 1. The van der Waals surface area contributed by atoms with Crippen molar-refractivity contribution < 1.29 is 18.0 Å². The Bertz CT molecular complexity index is 262. The summed E-state index contributed by atoms with van der Waals surface area (Å²) in [6.45, 7) is 2.72. The second-order valence-corrected chi connectivity index (χ2v) is 4.80. The normalized spacial score (nSPS) is 16.4. The number of alkyl halides is 3. The maximum absolute atomic E-state index is 12.3. The first-order valence-corrected chi connectivity index (χ1v) is 5.86. The molecule has 0 unspecified atom stereocenters. The first-order valence-electron chi connectivity index (χ1n) is 5.86. The molecule has 1 N–H and O–H groups in total. The predicted octanol–water partition coefficient (Wildman–Crippen LogP) is 1.79. The number of carbonyl (C=O) groups is 1. The Balaban J connectivity index is 2.36. The average molecular weight is 252 g/mol. The van der Waals surface area contributed by atoms with Crippen LogP contribution in [0.4, 0.5) is 13.2 Å². The molecular formula is C11H19F3N2O. The van der Waals surface area contributed by atoms with Crippen LogP contribution >= 0.6 is 0 Å². The quantitative estimate of drug-likeness (QED) is 0.781. The van der Waals surface area contributed by atoms with E-state index >= 15 is 0 Å². The van der Waals surface area contributed by atoms with Crippen molar-refractivity contribution in [3.8, 4) is 0 Å². The molecule has 0 aromatic heterocycles. The molecule has 0 spiro atoms. The van der Waals surface area contributed by atoms with E-state index in [9.17, 15) is 18.0 Å². The average Bonchev–Trinajstić information content (AvgIpc) is 2.96. The predicted molar refractivity (Wildman–Crippen MR) is 58.5 cm³/mol. The van der Waals surface area contributed by atoms with Gasteiger partial charge in [0.25, 0.3) is 0 Å². The van der Waals surface area contributed by atoms with Crippen LogP contribution in [0.2, 0.25) is 0 Å². The van der Waals surface area contributed by atoms with Crippen LogP contribution in [0.5, 0.6) is 0 Å². The summed E-state index contributed by atoms with van der Waals surface area (Å²) < 4.78 is 36.8.